The molecule has 0 fully saturated rings. The maximum Gasteiger partial charge on any atom is 0.345 e. The Morgan fingerprint density at radius 3 is 2.21 bits per heavy atom. The van der Waals surface area contributed by atoms with Crippen molar-refractivity contribution in [2.75, 3.05) is 20.8 Å². The summed E-state index contributed by atoms with van der Waals surface area (Å²) in [5.41, 5.74) is -0.855. The van der Waals surface area contributed by atoms with Crippen molar-refractivity contribution in [3.63, 3.8) is 0 Å². The highest BCUT2D eigenvalue weighted by molar-refractivity contribution is 5.95. The van der Waals surface area contributed by atoms with E-state index in [0.29, 0.717) is 0 Å². The summed E-state index contributed by atoms with van der Waals surface area (Å²) in [6.45, 7) is 1.54. The number of carbonyl (C=O) groups excluding carboxylic acids is 1. The molecule has 0 amide bonds. The monoisotopic (exact) mass is 406 g/mol. The third-order valence-electron chi connectivity index (χ3n) is 3.83. The quantitative estimate of drug-likeness (QED) is 0.348. The van der Waals surface area contributed by atoms with Crippen LogP contribution in [0.5, 0.6) is 17.2 Å². The highest BCUT2D eigenvalue weighted by Gasteiger charge is 2.26. The zero-order chi connectivity index (χ0) is 21.6. The number of carbonyl (C=O) groups is 1. The fraction of sp³-hybridized carbons (Fsp3) is 0.278. The van der Waals surface area contributed by atoms with Gasteiger partial charge >= 0.3 is 5.97 Å². The second-order valence-corrected chi connectivity index (χ2v) is 5.54. The van der Waals surface area contributed by atoms with Crippen LogP contribution >= 0.6 is 0 Å². The molecule has 11 nitrogen and oxygen atoms in total. The summed E-state index contributed by atoms with van der Waals surface area (Å²) in [6.07, 6.45) is 0. The van der Waals surface area contributed by atoms with E-state index in [1.54, 1.807) is 6.92 Å². The molecule has 0 heterocycles. The molecule has 0 aromatic heterocycles. The van der Waals surface area contributed by atoms with Crippen LogP contribution in [0.3, 0.4) is 0 Å². The topological polar surface area (TPSA) is 140 Å². The third kappa shape index (κ3) is 4.89. The number of hydrogen-bond acceptors (Lipinski definition) is 9. The fourth-order valence-corrected chi connectivity index (χ4v) is 2.50. The second-order valence-electron chi connectivity index (χ2n) is 5.54. The van der Waals surface area contributed by atoms with Crippen LogP contribution in [-0.2, 0) is 11.3 Å². The van der Waals surface area contributed by atoms with Crippen molar-refractivity contribution >= 4 is 17.3 Å². The van der Waals surface area contributed by atoms with Crippen molar-refractivity contribution in [2.24, 2.45) is 0 Å². The van der Waals surface area contributed by atoms with Gasteiger partial charge in [0.25, 0.3) is 11.4 Å². The van der Waals surface area contributed by atoms with Gasteiger partial charge in [0.1, 0.15) is 17.9 Å². The van der Waals surface area contributed by atoms with Crippen LogP contribution in [0.25, 0.3) is 0 Å². The molecule has 2 aromatic carbocycles. The lowest BCUT2D eigenvalue weighted by atomic mass is 10.1. The van der Waals surface area contributed by atoms with Gasteiger partial charge < -0.3 is 18.9 Å². The van der Waals surface area contributed by atoms with E-state index in [9.17, 15) is 25.0 Å². The fourth-order valence-electron chi connectivity index (χ4n) is 2.50. The van der Waals surface area contributed by atoms with Crippen molar-refractivity contribution in [1.82, 2.24) is 0 Å². The van der Waals surface area contributed by atoms with Crippen LogP contribution in [0.4, 0.5) is 11.4 Å². The Morgan fingerprint density at radius 2 is 1.66 bits per heavy atom. The van der Waals surface area contributed by atoms with Crippen LogP contribution in [0.2, 0.25) is 0 Å². The first-order valence-corrected chi connectivity index (χ1v) is 8.30. The number of hydrogen-bond donors (Lipinski definition) is 0. The highest BCUT2D eigenvalue weighted by Crippen LogP contribution is 2.35. The van der Waals surface area contributed by atoms with E-state index in [-0.39, 0.29) is 40.7 Å². The number of ether oxygens (including phenoxy) is 4. The predicted octanol–water partition coefficient (Wildman–Crippen LogP) is 3.28. The molecule has 2 rings (SSSR count). The lowest BCUT2D eigenvalue weighted by Crippen LogP contribution is -2.10. The van der Waals surface area contributed by atoms with Gasteiger partial charge in [-0.3, -0.25) is 20.2 Å². The number of benzene rings is 2. The molecule has 0 unspecified atom stereocenters. The summed E-state index contributed by atoms with van der Waals surface area (Å²) < 4.78 is 20.6. The molecule has 0 N–H and O–H groups in total. The zero-order valence-electron chi connectivity index (χ0n) is 15.9. The van der Waals surface area contributed by atoms with Crippen LogP contribution < -0.4 is 14.2 Å². The first-order valence-electron chi connectivity index (χ1n) is 8.30. The van der Waals surface area contributed by atoms with Gasteiger partial charge in [-0.1, -0.05) is 0 Å². The molecule has 0 saturated carbocycles. The Morgan fingerprint density at radius 1 is 0.966 bits per heavy atom. The summed E-state index contributed by atoms with van der Waals surface area (Å²) in [6, 6.07) is 6.03. The van der Waals surface area contributed by atoms with Crippen LogP contribution in [0, 0.1) is 20.2 Å². The Kier molecular flexibility index (Phi) is 6.90. The largest absolute Gasteiger partial charge is 0.496 e. The molecule has 154 valence electrons. The molecule has 0 saturated heterocycles. The van der Waals surface area contributed by atoms with Crippen LogP contribution in [0.1, 0.15) is 22.8 Å². The van der Waals surface area contributed by atoms with Gasteiger partial charge in [0.15, 0.2) is 11.5 Å². The SMILES string of the molecule is CCOc1cc([N+](=O)[O-])c(C(=O)OCc2cc([N+](=O)[O-])ccc2OC)cc1OC. The molecule has 2 aromatic rings. The van der Waals surface area contributed by atoms with Crippen molar-refractivity contribution in [3.05, 3.63) is 61.7 Å². The van der Waals surface area contributed by atoms with E-state index < -0.39 is 28.1 Å². The Balaban J connectivity index is 2.34. The molecular weight excluding hydrogens is 388 g/mol. The van der Waals surface area contributed by atoms with Gasteiger partial charge in [-0.05, 0) is 13.0 Å². The maximum absolute atomic E-state index is 12.5. The second kappa shape index (κ2) is 9.35. The Hall–Kier alpha value is -3.89. The van der Waals surface area contributed by atoms with Gasteiger partial charge in [0.2, 0.25) is 0 Å². The molecule has 0 bridgehead atoms. The average molecular weight is 406 g/mol. The Labute approximate surface area is 165 Å². The van der Waals surface area contributed by atoms with Gasteiger partial charge in [-0.25, -0.2) is 4.79 Å². The minimum absolute atomic E-state index is 0.110. The molecule has 29 heavy (non-hydrogen) atoms. The molecular formula is C18H18N2O9. The van der Waals surface area contributed by atoms with Gasteiger partial charge in [0.05, 0.1) is 36.7 Å². The van der Waals surface area contributed by atoms with E-state index in [4.69, 9.17) is 18.9 Å². The number of nitro benzene ring substituents is 2. The number of rotatable bonds is 9. The lowest BCUT2D eigenvalue weighted by Gasteiger charge is -2.12. The lowest BCUT2D eigenvalue weighted by molar-refractivity contribution is -0.385. The van der Waals surface area contributed by atoms with Crippen LogP contribution in [0.15, 0.2) is 30.3 Å². The van der Waals surface area contributed by atoms with Gasteiger partial charge in [-0.15, -0.1) is 0 Å². The molecule has 0 aliphatic carbocycles. The molecule has 0 spiro atoms. The van der Waals surface area contributed by atoms with E-state index in [0.717, 1.165) is 12.1 Å². The summed E-state index contributed by atoms with van der Waals surface area (Å²) >= 11 is 0. The highest BCUT2D eigenvalue weighted by atomic mass is 16.6. The van der Waals surface area contributed by atoms with E-state index in [2.05, 4.69) is 0 Å². The van der Waals surface area contributed by atoms with Crippen molar-refractivity contribution < 1.29 is 33.6 Å². The minimum atomic E-state index is -1.01. The van der Waals surface area contributed by atoms with Gasteiger partial charge in [-0.2, -0.15) is 0 Å². The molecule has 0 atom stereocenters. The maximum atomic E-state index is 12.5. The molecule has 0 aliphatic heterocycles. The summed E-state index contributed by atoms with van der Waals surface area (Å²) in [5, 5.41) is 22.3. The molecule has 0 radical (unpaired) electrons. The summed E-state index contributed by atoms with van der Waals surface area (Å²) in [7, 11) is 2.68. The summed E-state index contributed by atoms with van der Waals surface area (Å²) in [4.78, 5) is 33.5. The predicted molar refractivity (Wildman–Crippen MR) is 99.6 cm³/mol. The van der Waals surface area contributed by atoms with E-state index in [1.165, 1.54) is 32.4 Å². The standard InChI is InChI=1S/C18H18N2O9/c1-4-28-17-9-14(20(24)25)13(8-16(17)27-3)18(21)29-10-11-7-12(19(22)23)5-6-15(11)26-2/h5-9H,4,10H2,1-3H3. The smallest absolute Gasteiger partial charge is 0.345 e. The van der Waals surface area contributed by atoms with E-state index >= 15 is 0 Å². The number of non-ortho nitro benzene ring substituents is 1. The number of esters is 1. The van der Waals surface area contributed by atoms with Crippen molar-refractivity contribution in [3.8, 4) is 17.2 Å². The zero-order valence-corrected chi connectivity index (χ0v) is 15.9. The first-order chi connectivity index (χ1) is 13.8. The average Bonchev–Trinajstić information content (AvgIpc) is 2.71. The normalized spacial score (nSPS) is 10.2. The first kappa shape index (κ1) is 21.4. The van der Waals surface area contributed by atoms with Gasteiger partial charge in [0, 0.05) is 23.8 Å². The third-order valence-corrected chi connectivity index (χ3v) is 3.83. The number of nitro groups is 2. The summed E-state index contributed by atoms with van der Waals surface area (Å²) in [5.74, 6) is -0.510. The minimum Gasteiger partial charge on any atom is -0.496 e. The number of methoxy groups -OCH3 is 2. The Bertz CT molecular complexity index is 943. The van der Waals surface area contributed by atoms with Crippen molar-refractivity contribution in [1.29, 1.82) is 0 Å². The number of nitrogens with zero attached hydrogens (tertiary/aromatic N) is 2. The molecule has 11 heteroatoms. The van der Waals surface area contributed by atoms with Crippen LogP contribution in [-0.4, -0.2) is 36.6 Å². The van der Waals surface area contributed by atoms with E-state index in [1.807, 2.05) is 0 Å². The molecule has 0 aliphatic rings. The van der Waals surface area contributed by atoms with Crippen molar-refractivity contribution in [2.45, 2.75) is 13.5 Å².